The fraction of sp³-hybridized carbons (Fsp3) is 0.419. The van der Waals surface area contributed by atoms with Crippen LogP contribution in [0.2, 0.25) is 0 Å². The van der Waals surface area contributed by atoms with Crippen molar-refractivity contribution < 1.29 is 19.7 Å². The first-order chi connectivity index (χ1) is 41.3. The van der Waals surface area contributed by atoms with Gasteiger partial charge in [0.05, 0.1) is 23.6 Å². The van der Waals surface area contributed by atoms with Gasteiger partial charge in [-0.3, -0.25) is 14.9 Å². The van der Waals surface area contributed by atoms with E-state index >= 15 is 0 Å². The molecule has 25 heteroatoms. The highest BCUT2D eigenvalue weighted by Crippen LogP contribution is 2.36. The van der Waals surface area contributed by atoms with Gasteiger partial charge in [-0.1, -0.05) is 0 Å². The van der Waals surface area contributed by atoms with E-state index in [1.54, 1.807) is 78.3 Å². The molecule has 9 aromatic heterocycles. The minimum Gasteiger partial charge on any atom is -0.506 e. The van der Waals surface area contributed by atoms with Crippen LogP contribution in [0.1, 0.15) is 88.5 Å². The smallest absolute Gasteiger partial charge is 0.151 e. The Morgan fingerprint density at radius 2 is 1.13 bits per heavy atom. The first-order valence-corrected chi connectivity index (χ1v) is 29.2. The quantitative estimate of drug-likeness (QED) is 0.0553. The van der Waals surface area contributed by atoms with Crippen LogP contribution >= 0.6 is 0 Å². The topological polar surface area (TPSA) is 306 Å². The number of hydrogen-bond donors (Lipinski definition) is 9. The van der Waals surface area contributed by atoms with Crippen LogP contribution in [-0.4, -0.2) is 164 Å². The molecular weight excluding hydrogens is 1110 g/mol. The third-order valence-electron chi connectivity index (χ3n) is 15.0. The zero-order valence-corrected chi connectivity index (χ0v) is 51.1. The largest absolute Gasteiger partial charge is 0.506 e. The lowest BCUT2D eigenvalue weighted by Gasteiger charge is -2.48. The number of halogens is 1. The number of alkyl halides is 1. The van der Waals surface area contributed by atoms with E-state index in [1.807, 2.05) is 57.4 Å². The number of aryl methyl sites for hydroxylation is 1. The zero-order chi connectivity index (χ0) is 61.8. The fourth-order valence-electron chi connectivity index (χ4n) is 11.4. The summed E-state index contributed by atoms with van der Waals surface area (Å²) >= 11 is 0. The van der Waals surface area contributed by atoms with Crippen molar-refractivity contribution in [1.82, 2.24) is 91.7 Å². The minimum atomic E-state index is -1.09. The van der Waals surface area contributed by atoms with E-state index in [-0.39, 0.29) is 33.9 Å². The maximum Gasteiger partial charge on any atom is 0.151 e. The van der Waals surface area contributed by atoms with Gasteiger partial charge in [-0.15, -0.1) is 30.6 Å². The molecule has 87 heavy (non-hydrogen) atoms. The summed E-state index contributed by atoms with van der Waals surface area (Å²) in [7, 11) is 1.85. The Morgan fingerprint density at radius 1 is 0.598 bits per heavy atom. The molecule has 12 heterocycles. The summed E-state index contributed by atoms with van der Waals surface area (Å²) in [5, 5.41) is 88.5. The standard InChI is InChI=1S/C21H26FN7O.C21H27N7O.C20H25N7O/c1-20(2)10-15(19(22)21(3,4)29-20)25-17-6-5-14(27-28-17)18-16(30)9-12(11-23-18)13-7-8-24-26-13;1-21(2,3)23-15-7-10-28(13-15)19-6-5-17(24-25-19)20-18(29)11-14(12-22-20)16-8-9-27(4)26-16;1-20(2,3)24-15-6-7-27(12-15)18-5-4-16(25-26-18)19-17(28)8-13(9-21-19)14-10-22-23-11-14/h5-9,11,15,19,29-30H,10H2,1-4H3,(H,24,26)(H,25,28);5-6,8-9,11-12,15,23,29H,7,10,13H2,1-4H3;4-5,8-11,15,24,28H,6-7,12H2,1-3H3,(H,22,23)/t15-,19-;2*15-/m011/s1. The van der Waals surface area contributed by atoms with Gasteiger partial charge < -0.3 is 46.4 Å². The molecule has 24 nitrogen and oxygen atoms in total. The number of hydrogen-bond acceptors (Lipinski definition) is 21. The number of aromatic hydroxyl groups is 3. The number of anilines is 3. The predicted octanol–water partition coefficient (Wildman–Crippen LogP) is 8.52. The van der Waals surface area contributed by atoms with Gasteiger partial charge in [-0.05, 0) is 155 Å². The lowest BCUT2D eigenvalue weighted by Crippen LogP contribution is -2.67. The maximum absolute atomic E-state index is 15.0. The number of nitrogens with one attached hydrogen (secondary N) is 6. The molecule has 456 valence electrons. The Balaban J connectivity index is 0.000000145. The molecule has 3 aliphatic rings. The molecule has 9 N–H and O–H groups in total. The fourth-order valence-corrected chi connectivity index (χ4v) is 11.4. The van der Waals surface area contributed by atoms with E-state index in [0.717, 1.165) is 78.7 Å². The highest BCUT2D eigenvalue weighted by molar-refractivity contribution is 5.72. The molecule has 0 saturated carbocycles. The van der Waals surface area contributed by atoms with Gasteiger partial charge in [0.15, 0.2) is 11.6 Å². The number of H-pyrrole nitrogens is 2. The molecule has 0 unspecified atom stereocenters. The normalized spacial score (nSPS) is 19.0. The second kappa shape index (κ2) is 25.1. The molecule has 0 spiro atoms. The van der Waals surface area contributed by atoms with Gasteiger partial charge in [0, 0.05) is 127 Å². The molecule has 3 fully saturated rings. The Hall–Kier alpha value is -9.07. The number of nitrogens with zero attached hydrogens (tertiary/aromatic N) is 15. The Kier molecular flexibility index (Phi) is 17.6. The Bertz CT molecular complexity index is 3720. The van der Waals surface area contributed by atoms with E-state index < -0.39 is 17.8 Å². The molecule has 0 radical (unpaired) electrons. The Labute approximate surface area is 505 Å². The minimum absolute atomic E-state index is 0.0113. The third kappa shape index (κ3) is 15.3. The summed E-state index contributed by atoms with van der Waals surface area (Å²) in [6, 6.07) is 20.1. The van der Waals surface area contributed by atoms with E-state index in [2.05, 4.69) is 157 Å². The first-order valence-electron chi connectivity index (χ1n) is 29.2. The summed E-state index contributed by atoms with van der Waals surface area (Å²) in [6.45, 7) is 24.7. The van der Waals surface area contributed by atoms with Gasteiger partial charge in [0.2, 0.25) is 0 Å². The van der Waals surface area contributed by atoms with Crippen LogP contribution in [0.3, 0.4) is 0 Å². The van der Waals surface area contributed by atoms with E-state index in [4.69, 9.17) is 0 Å². The van der Waals surface area contributed by atoms with Crippen LogP contribution in [0, 0.1) is 0 Å². The summed E-state index contributed by atoms with van der Waals surface area (Å²) in [5.74, 6) is 2.28. The van der Waals surface area contributed by atoms with Crippen LogP contribution < -0.4 is 31.1 Å². The maximum atomic E-state index is 15.0. The van der Waals surface area contributed by atoms with Crippen LogP contribution in [0.15, 0.2) is 110 Å². The van der Waals surface area contributed by atoms with Gasteiger partial charge >= 0.3 is 0 Å². The van der Waals surface area contributed by atoms with Crippen LogP contribution in [0.25, 0.3) is 67.8 Å². The number of rotatable bonds is 12. The zero-order valence-electron chi connectivity index (χ0n) is 51.1. The number of aromatic amines is 2. The van der Waals surface area contributed by atoms with Crippen molar-refractivity contribution in [3.63, 3.8) is 0 Å². The van der Waals surface area contributed by atoms with Crippen molar-refractivity contribution in [1.29, 1.82) is 0 Å². The number of aromatic nitrogens is 15. The first kappa shape index (κ1) is 61.0. The molecule has 3 saturated heterocycles. The van der Waals surface area contributed by atoms with Gasteiger partial charge in [0.1, 0.15) is 63.4 Å². The summed E-state index contributed by atoms with van der Waals surface area (Å²) in [6.07, 6.45) is 13.6. The monoisotopic (exact) mass is 1180 g/mol. The molecule has 3 aliphatic heterocycles. The lowest BCUT2D eigenvalue weighted by molar-refractivity contribution is 0.0655. The van der Waals surface area contributed by atoms with E-state index in [1.165, 1.54) is 0 Å². The second-order valence-electron chi connectivity index (χ2n) is 25.7. The van der Waals surface area contributed by atoms with Crippen molar-refractivity contribution in [3.05, 3.63) is 110 Å². The van der Waals surface area contributed by atoms with Crippen molar-refractivity contribution in [3.8, 4) is 85.1 Å². The van der Waals surface area contributed by atoms with Crippen molar-refractivity contribution in [2.75, 3.05) is 41.3 Å². The van der Waals surface area contributed by atoms with E-state index in [0.29, 0.717) is 64.0 Å². The van der Waals surface area contributed by atoms with Gasteiger partial charge in [-0.2, -0.15) is 15.3 Å². The van der Waals surface area contributed by atoms with Crippen molar-refractivity contribution >= 4 is 17.5 Å². The lowest BCUT2D eigenvalue weighted by atomic mass is 9.78. The third-order valence-corrected chi connectivity index (χ3v) is 15.0. The van der Waals surface area contributed by atoms with Crippen molar-refractivity contribution in [2.45, 2.75) is 135 Å². The highest BCUT2D eigenvalue weighted by atomic mass is 19.1. The van der Waals surface area contributed by atoms with Gasteiger partial charge in [0.25, 0.3) is 0 Å². The van der Waals surface area contributed by atoms with E-state index in [9.17, 15) is 19.7 Å². The average Bonchev–Trinajstić information content (AvgIpc) is 1.98. The van der Waals surface area contributed by atoms with Gasteiger partial charge in [-0.25, -0.2) is 19.3 Å². The molecule has 0 amide bonds. The number of pyridine rings is 3. The molecule has 0 aliphatic carbocycles. The molecule has 4 atom stereocenters. The van der Waals surface area contributed by atoms with Crippen LogP contribution in [0.4, 0.5) is 21.8 Å². The molecule has 12 rings (SSSR count). The van der Waals surface area contributed by atoms with Crippen LogP contribution in [0.5, 0.6) is 17.2 Å². The second-order valence-corrected chi connectivity index (χ2v) is 25.7. The van der Waals surface area contributed by atoms with Crippen molar-refractivity contribution in [2.24, 2.45) is 7.05 Å². The summed E-state index contributed by atoms with van der Waals surface area (Å²) in [4.78, 5) is 17.5. The highest BCUT2D eigenvalue weighted by Gasteiger charge is 2.46. The summed E-state index contributed by atoms with van der Waals surface area (Å²) < 4.78 is 16.7. The SMILES string of the molecule is CC(C)(C)N[C@@H]1CCN(c2ccc(-c3ncc(-c4cn[nH]c4)cc3O)nn2)C1.CC1(C)C[C@H](Nc2ccc(-c3ncc(-c4ccn[nH]4)cc3O)nn2)[C@H](F)C(C)(C)N1.Cn1ccc(-c2cnc(-c3ccc(N4CC[C@@H](NC(C)(C)C)C4)nn3)c(O)c2)n1. The molecule has 9 aromatic rings. The predicted molar refractivity (Wildman–Crippen MR) is 333 cm³/mol. The van der Waals surface area contributed by atoms with Crippen LogP contribution in [-0.2, 0) is 7.05 Å². The average molecular weight is 1180 g/mol. The molecule has 0 aromatic carbocycles. The molecule has 0 bridgehead atoms. The molecular formula is C62H78FN21O3. The summed E-state index contributed by atoms with van der Waals surface area (Å²) in [5.41, 5.74) is 6.64. The number of piperidine rings is 1. The Morgan fingerprint density at radius 3 is 1.59 bits per heavy atom.